The fourth-order valence-electron chi connectivity index (χ4n) is 2.93. The van der Waals surface area contributed by atoms with Crippen molar-refractivity contribution in [1.29, 1.82) is 0 Å². The van der Waals surface area contributed by atoms with Gasteiger partial charge in [0.05, 0.1) is 0 Å². The van der Waals surface area contributed by atoms with Gasteiger partial charge >= 0.3 is 0 Å². The summed E-state index contributed by atoms with van der Waals surface area (Å²) in [6.07, 6.45) is 20.1. The largest absolute Gasteiger partial charge is 0.262 e. The minimum atomic E-state index is 0.943. The van der Waals surface area contributed by atoms with Crippen molar-refractivity contribution < 1.29 is 0 Å². The summed E-state index contributed by atoms with van der Waals surface area (Å²) < 4.78 is 0. The van der Waals surface area contributed by atoms with E-state index in [1.807, 2.05) is 11.8 Å². The summed E-state index contributed by atoms with van der Waals surface area (Å²) in [5, 5.41) is 8.39. The van der Waals surface area contributed by atoms with E-state index in [9.17, 15) is 0 Å². The first-order chi connectivity index (χ1) is 11.9. The van der Waals surface area contributed by atoms with Crippen LogP contribution in [0.15, 0.2) is 5.16 Å². The molecular weight excluding hydrogens is 314 g/mol. The van der Waals surface area contributed by atoms with Crippen LogP contribution in [0.4, 0.5) is 0 Å². The fraction of sp³-hybridized carbons (Fsp3) is 0.900. The molecule has 1 aromatic rings. The molecule has 24 heavy (non-hydrogen) atoms. The molecule has 0 radical (unpaired) electrons. The molecular formula is C20H39N3S. The smallest absolute Gasteiger partial charge is 0.208 e. The summed E-state index contributed by atoms with van der Waals surface area (Å²) in [5.74, 6) is 2.23. The van der Waals surface area contributed by atoms with Crippen LogP contribution >= 0.6 is 11.8 Å². The monoisotopic (exact) mass is 353 g/mol. The lowest BCUT2D eigenvalue weighted by atomic mass is 10.1. The molecule has 0 unspecified atom stereocenters. The zero-order chi connectivity index (χ0) is 17.3. The number of aromatic amines is 1. The third-order valence-electron chi connectivity index (χ3n) is 4.51. The van der Waals surface area contributed by atoms with Gasteiger partial charge in [0.15, 0.2) is 0 Å². The van der Waals surface area contributed by atoms with Crippen molar-refractivity contribution in [3.8, 4) is 0 Å². The van der Waals surface area contributed by atoms with Gasteiger partial charge in [-0.05, 0) is 12.8 Å². The average Bonchev–Trinajstić information content (AvgIpc) is 3.04. The first-order valence-electron chi connectivity index (χ1n) is 10.4. The highest BCUT2D eigenvalue weighted by molar-refractivity contribution is 7.99. The van der Waals surface area contributed by atoms with E-state index in [1.165, 1.54) is 89.9 Å². The second-order valence-electron chi connectivity index (χ2n) is 6.91. The lowest BCUT2D eigenvalue weighted by molar-refractivity contribution is 0.586. The van der Waals surface area contributed by atoms with Crippen LogP contribution < -0.4 is 0 Å². The molecule has 1 rings (SSSR count). The number of rotatable bonds is 17. The zero-order valence-corrected chi connectivity index (χ0v) is 16.9. The van der Waals surface area contributed by atoms with E-state index >= 15 is 0 Å². The first kappa shape index (κ1) is 21.5. The molecule has 1 heterocycles. The van der Waals surface area contributed by atoms with Gasteiger partial charge in [-0.1, -0.05) is 103 Å². The highest BCUT2D eigenvalue weighted by Gasteiger charge is 2.03. The number of unbranched alkanes of at least 4 members (excludes halogenated alkanes) is 12. The predicted octanol–water partition coefficient (Wildman–Crippen LogP) is 6.94. The number of hydrogen-bond donors (Lipinski definition) is 1. The standard InChI is InChI=1S/C20H39N3S/c1-3-5-7-9-11-12-14-16-18-24-20-21-19(22-23-20)17-15-13-10-8-6-4-2/h3-18H2,1-2H3,(H,21,22,23). The van der Waals surface area contributed by atoms with Crippen molar-refractivity contribution in [1.82, 2.24) is 15.2 Å². The van der Waals surface area contributed by atoms with Gasteiger partial charge < -0.3 is 0 Å². The summed E-state index contributed by atoms with van der Waals surface area (Å²) in [4.78, 5) is 4.61. The van der Waals surface area contributed by atoms with Crippen molar-refractivity contribution in [3.05, 3.63) is 5.82 Å². The highest BCUT2D eigenvalue weighted by Crippen LogP contribution is 2.17. The molecule has 1 N–H and O–H groups in total. The molecule has 0 saturated heterocycles. The number of H-pyrrole nitrogens is 1. The summed E-state index contributed by atoms with van der Waals surface area (Å²) >= 11 is 1.81. The minimum absolute atomic E-state index is 0.943. The zero-order valence-electron chi connectivity index (χ0n) is 16.1. The van der Waals surface area contributed by atoms with Gasteiger partial charge in [-0.2, -0.15) is 0 Å². The van der Waals surface area contributed by atoms with Gasteiger partial charge in [-0.15, -0.1) is 5.10 Å². The minimum Gasteiger partial charge on any atom is -0.262 e. The van der Waals surface area contributed by atoms with E-state index in [-0.39, 0.29) is 0 Å². The Balaban J connectivity index is 1.94. The number of nitrogens with one attached hydrogen (secondary N) is 1. The third-order valence-corrected chi connectivity index (χ3v) is 5.44. The Morgan fingerprint density at radius 1 is 0.708 bits per heavy atom. The number of aromatic nitrogens is 3. The summed E-state index contributed by atoms with van der Waals surface area (Å²) in [7, 11) is 0. The molecule has 0 aliphatic heterocycles. The van der Waals surface area contributed by atoms with Gasteiger partial charge in [0.25, 0.3) is 0 Å². The lowest BCUT2D eigenvalue weighted by Gasteiger charge is -2.00. The Labute approximate surface area is 154 Å². The number of thioether (sulfide) groups is 1. The molecule has 0 saturated carbocycles. The van der Waals surface area contributed by atoms with Crippen LogP contribution in [-0.2, 0) is 6.42 Å². The Morgan fingerprint density at radius 2 is 1.25 bits per heavy atom. The summed E-state index contributed by atoms with van der Waals surface area (Å²) in [6, 6.07) is 0. The van der Waals surface area contributed by atoms with E-state index in [0.717, 1.165) is 23.2 Å². The number of aryl methyl sites for hydroxylation is 1. The summed E-state index contributed by atoms with van der Waals surface area (Å²) in [5.41, 5.74) is 0. The molecule has 0 bridgehead atoms. The van der Waals surface area contributed by atoms with Crippen molar-refractivity contribution in [2.75, 3.05) is 5.75 Å². The van der Waals surface area contributed by atoms with E-state index in [2.05, 4.69) is 29.0 Å². The van der Waals surface area contributed by atoms with Crippen molar-refractivity contribution in [3.63, 3.8) is 0 Å². The van der Waals surface area contributed by atoms with Gasteiger partial charge in [-0.25, -0.2) is 4.98 Å². The Morgan fingerprint density at radius 3 is 1.88 bits per heavy atom. The van der Waals surface area contributed by atoms with E-state index < -0.39 is 0 Å². The highest BCUT2D eigenvalue weighted by atomic mass is 32.2. The molecule has 0 spiro atoms. The maximum absolute atomic E-state index is 4.61. The van der Waals surface area contributed by atoms with Gasteiger partial charge in [0.2, 0.25) is 5.16 Å². The second kappa shape index (κ2) is 16.0. The maximum Gasteiger partial charge on any atom is 0.208 e. The Bertz CT molecular complexity index is 379. The fourth-order valence-corrected chi connectivity index (χ4v) is 3.74. The average molecular weight is 354 g/mol. The van der Waals surface area contributed by atoms with Crippen LogP contribution in [0.2, 0.25) is 0 Å². The van der Waals surface area contributed by atoms with Gasteiger partial charge in [0, 0.05) is 12.2 Å². The number of nitrogens with zero attached hydrogens (tertiary/aromatic N) is 2. The van der Waals surface area contributed by atoms with Crippen molar-refractivity contribution in [2.24, 2.45) is 0 Å². The van der Waals surface area contributed by atoms with E-state index in [4.69, 9.17) is 0 Å². The maximum atomic E-state index is 4.61. The SMILES string of the molecule is CCCCCCCCCCSc1n[nH]c(CCCCCCCC)n1. The summed E-state index contributed by atoms with van der Waals surface area (Å²) in [6.45, 7) is 4.54. The van der Waals surface area contributed by atoms with Crippen LogP contribution in [-0.4, -0.2) is 20.9 Å². The molecule has 3 nitrogen and oxygen atoms in total. The van der Waals surface area contributed by atoms with E-state index in [0.29, 0.717) is 0 Å². The molecule has 140 valence electrons. The number of hydrogen-bond acceptors (Lipinski definition) is 3. The van der Waals surface area contributed by atoms with Crippen LogP contribution in [0.5, 0.6) is 0 Å². The third kappa shape index (κ3) is 11.9. The van der Waals surface area contributed by atoms with Crippen LogP contribution in [0.25, 0.3) is 0 Å². The normalized spacial score (nSPS) is 11.2. The topological polar surface area (TPSA) is 41.6 Å². The molecule has 4 heteroatoms. The predicted molar refractivity (Wildman–Crippen MR) is 107 cm³/mol. The second-order valence-corrected chi connectivity index (χ2v) is 7.97. The lowest BCUT2D eigenvalue weighted by Crippen LogP contribution is -1.89. The molecule has 0 aromatic carbocycles. The Hall–Kier alpha value is -0.510. The first-order valence-corrected chi connectivity index (χ1v) is 11.4. The quantitative estimate of drug-likeness (QED) is 0.243. The van der Waals surface area contributed by atoms with E-state index in [1.54, 1.807) is 0 Å². The van der Waals surface area contributed by atoms with Crippen LogP contribution in [0, 0.1) is 0 Å². The van der Waals surface area contributed by atoms with Gasteiger partial charge in [-0.3, -0.25) is 5.10 Å². The van der Waals surface area contributed by atoms with Crippen LogP contribution in [0.3, 0.4) is 0 Å². The Kier molecular flexibility index (Phi) is 14.3. The molecule has 0 aliphatic rings. The molecule has 0 fully saturated rings. The van der Waals surface area contributed by atoms with Crippen molar-refractivity contribution in [2.45, 2.75) is 115 Å². The van der Waals surface area contributed by atoms with Gasteiger partial charge in [0.1, 0.15) is 5.82 Å². The molecule has 0 aliphatic carbocycles. The van der Waals surface area contributed by atoms with Crippen molar-refractivity contribution >= 4 is 11.8 Å². The molecule has 0 atom stereocenters. The molecule has 0 amide bonds. The van der Waals surface area contributed by atoms with Crippen LogP contribution in [0.1, 0.15) is 110 Å². The molecule has 1 aromatic heterocycles.